The summed E-state index contributed by atoms with van der Waals surface area (Å²) < 4.78 is 34.2. The number of alkyl carbamates (subject to hydrolysis) is 1. The summed E-state index contributed by atoms with van der Waals surface area (Å²) in [6.45, 7) is 1.59. The summed E-state index contributed by atoms with van der Waals surface area (Å²) in [6.07, 6.45) is -0.466. The summed E-state index contributed by atoms with van der Waals surface area (Å²) in [5.74, 6) is -0.661. The van der Waals surface area contributed by atoms with Crippen molar-refractivity contribution in [3.8, 4) is 17.2 Å². The Bertz CT molecular complexity index is 1290. The minimum atomic E-state index is -0.763. The molecule has 8 nitrogen and oxygen atoms in total. The lowest BCUT2D eigenvalue weighted by molar-refractivity contribution is -0.141. The molecule has 0 saturated heterocycles. The molecule has 1 amide bonds. The van der Waals surface area contributed by atoms with E-state index in [0.29, 0.717) is 17.7 Å². The fourth-order valence-electron chi connectivity index (χ4n) is 3.33. The Morgan fingerprint density at radius 1 is 0.947 bits per heavy atom. The Labute approximate surface area is 228 Å². The molecular formula is C27H24Cl2FNO7. The molecule has 200 valence electrons. The number of nitrogens with one attached hydrogen (secondary N) is 1. The van der Waals surface area contributed by atoms with Gasteiger partial charge in [-0.05, 0) is 67.1 Å². The third-order valence-corrected chi connectivity index (χ3v) is 5.67. The average molecular weight is 564 g/mol. The lowest BCUT2D eigenvalue weighted by atomic mass is 10.0. The predicted molar refractivity (Wildman–Crippen MR) is 139 cm³/mol. The van der Waals surface area contributed by atoms with E-state index in [9.17, 15) is 18.8 Å². The van der Waals surface area contributed by atoms with Crippen molar-refractivity contribution in [2.45, 2.75) is 13.3 Å². The van der Waals surface area contributed by atoms with Crippen molar-refractivity contribution in [2.24, 2.45) is 0 Å². The molecule has 3 rings (SSSR count). The van der Waals surface area contributed by atoms with Gasteiger partial charge in [0.2, 0.25) is 0 Å². The van der Waals surface area contributed by atoms with Crippen LogP contribution in [0.25, 0.3) is 0 Å². The number of methoxy groups -OCH3 is 1. The molecule has 0 aliphatic heterocycles. The van der Waals surface area contributed by atoms with Gasteiger partial charge in [0.05, 0.1) is 35.9 Å². The maximum Gasteiger partial charge on any atom is 0.407 e. The van der Waals surface area contributed by atoms with Gasteiger partial charge in [-0.15, -0.1) is 0 Å². The van der Waals surface area contributed by atoms with E-state index in [-0.39, 0.29) is 58.2 Å². The van der Waals surface area contributed by atoms with Gasteiger partial charge in [-0.1, -0.05) is 23.2 Å². The molecule has 11 heteroatoms. The van der Waals surface area contributed by atoms with Crippen molar-refractivity contribution in [1.82, 2.24) is 5.32 Å². The second-order valence-electron chi connectivity index (χ2n) is 7.73. The Balaban J connectivity index is 1.67. The summed E-state index contributed by atoms with van der Waals surface area (Å²) in [7, 11) is 1.43. The largest absolute Gasteiger partial charge is 0.496 e. The first-order valence-corrected chi connectivity index (χ1v) is 12.2. The third kappa shape index (κ3) is 7.84. The highest BCUT2D eigenvalue weighted by Gasteiger charge is 2.18. The standard InChI is InChI=1S/C27H24Cl2FNO7/c1-3-36-24(32)15-31-27(34)37-11-10-16-12-21(28)26(22(29)13-16)38-19-8-9-23(35-2)20(14-19)25(33)17-4-6-18(30)7-5-17/h4-9,12-14H,3,10-11,15H2,1-2H3,(H,31,34). The zero-order valence-corrected chi connectivity index (χ0v) is 22.0. The maximum atomic E-state index is 13.3. The number of carbonyl (C=O) groups excluding carboxylic acids is 3. The lowest BCUT2D eigenvalue weighted by Crippen LogP contribution is -2.31. The molecule has 0 atom stereocenters. The molecule has 0 radical (unpaired) electrons. The van der Waals surface area contributed by atoms with E-state index in [2.05, 4.69) is 5.32 Å². The number of ketones is 1. The first kappa shape index (κ1) is 28.7. The normalized spacial score (nSPS) is 10.4. The number of halogens is 3. The Morgan fingerprint density at radius 3 is 2.26 bits per heavy atom. The minimum absolute atomic E-state index is 0.00879. The van der Waals surface area contributed by atoms with Gasteiger partial charge in [-0.25, -0.2) is 9.18 Å². The summed E-state index contributed by atoms with van der Waals surface area (Å²) in [5.41, 5.74) is 1.16. The van der Waals surface area contributed by atoms with Crippen LogP contribution < -0.4 is 14.8 Å². The van der Waals surface area contributed by atoms with Crippen LogP contribution in [0.3, 0.4) is 0 Å². The molecule has 0 saturated carbocycles. The van der Waals surface area contributed by atoms with Crippen LogP contribution in [0.5, 0.6) is 17.2 Å². The third-order valence-electron chi connectivity index (χ3n) is 5.11. The van der Waals surface area contributed by atoms with E-state index >= 15 is 0 Å². The molecule has 0 spiro atoms. The quantitative estimate of drug-likeness (QED) is 0.225. The number of hydrogen-bond donors (Lipinski definition) is 1. The first-order valence-electron chi connectivity index (χ1n) is 11.4. The molecule has 1 N–H and O–H groups in total. The van der Waals surface area contributed by atoms with Crippen LogP contribution in [0.15, 0.2) is 54.6 Å². The highest BCUT2D eigenvalue weighted by atomic mass is 35.5. The van der Waals surface area contributed by atoms with Gasteiger partial charge < -0.3 is 24.3 Å². The Hall–Kier alpha value is -3.82. The molecule has 0 fully saturated rings. The van der Waals surface area contributed by atoms with E-state index in [1.165, 1.54) is 37.4 Å². The number of esters is 1. The minimum Gasteiger partial charge on any atom is -0.496 e. The van der Waals surface area contributed by atoms with Gasteiger partial charge in [-0.3, -0.25) is 9.59 Å². The number of benzene rings is 3. The molecule has 0 aromatic heterocycles. The van der Waals surface area contributed by atoms with Crippen LogP contribution in [0.2, 0.25) is 10.0 Å². The smallest absolute Gasteiger partial charge is 0.407 e. The van der Waals surface area contributed by atoms with Gasteiger partial charge in [0.25, 0.3) is 0 Å². The molecule has 0 aliphatic rings. The fraction of sp³-hybridized carbons (Fsp3) is 0.222. The highest BCUT2D eigenvalue weighted by molar-refractivity contribution is 6.37. The number of rotatable bonds is 11. The summed E-state index contributed by atoms with van der Waals surface area (Å²) in [6, 6.07) is 13.0. The monoisotopic (exact) mass is 563 g/mol. The number of ether oxygens (including phenoxy) is 4. The molecule has 0 aliphatic carbocycles. The summed E-state index contributed by atoms with van der Waals surface area (Å²) in [4.78, 5) is 36.0. The van der Waals surface area contributed by atoms with E-state index < -0.39 is 17.9 Å². The predicted octanol–water partition coefficient (Wildman–Crippen LogP) is 6.00. The molecule has 0 unspecified atom stereocenters. The van der Waals surface area contributed by atoms with Gasteiger partial charge in [0.15, 0.2) is 11.5 Å². The average Bonchev–Trinajstić information content (AvgIpc) is 2.89. The Morgan fingerprint density at radius 2 is 1.63 bits per heavy atom. The van der Waals surface area contributed by atoms with Gasteiger partial charge in [0.1, 0.15) is 23.9 Å². The molecule has 0 bridgehead atoms. The van der Waals surface area contributed by atoms with Gasteiger partial charge >= 0.3 is 12.1 Å². The van der Waals surface area contributed by atoms with E-state index in [1.807, 2.05) is 0 Å². The van der Waals surface area contributed by atoms with Crippen LogP contribution in [0.1, 0.15) is 28.4 Å². The van der Waals surface area contributed by atoms with Crippen molar-refractivity contribution in [1.29, 1.82) is 0 Å². The van der Waals surface area contributed by atoms with Crippen molar-refractivity contribution in [3.05, 3.63) is 87.2 Å². The fourth-order valence-corrected chi connectivity index (χ4v) is 3.94. The lowest BCUT2D eigenvalue weighted by Gasteiger charge is -2.14. The van der Waals surface area contributed by atoms with Crippen molar-refractivity contribution >= 4 is 41.0 Å². The van der Waals surface area contributed by atoms with E-state index in [0.717, 1.165) is 0 Å². The summed E-state index contributed by atoms with van der Waals surface area (Å²) in [5, 5.41) is 2.68. The Kier molecular flexibility index (Phi) is 10.3. The van der Waals surface area contributed by atoms with E-state index in [1.54, 1.807) is 31.2 Å². The van der Waals surface area contributed by atoms with Crippen molar-refractivity contribution < 1.29 is 37.7 Å². The van der Waals surface area contributed by atoms with Gasteiger partial charge in [0, 0.05) is 12.0 Å². The SMILES string of the molecule is CCOC(=O)CNC(=O)OCCc1cc(Cl)c(Oc2ccc(OC)c(C(=O)c3ccc(F)cc3)c2)c(Cl)c1. The van der Waals surface area contributed by atoms with Crippen LogP contribution in [0, 0.1) is 5.82 Å². The highest BCUT2D eigenvalue weighted by Crippen LogP contribution is 2.39. The second-order valence-corrected chi connectivity index (χ2v) is 8.55. The molecule has 38 heavy (non-hydrogen) atoms. The van der Waals surface area contributed by atoms with Crippen LogP contribution in [0.4, 0.5) is 9.18 Å². The number of amides is 1. The van der Waals surface area contributed by atoms with Crippen molar-refractivity contribution in [2.75, 3.05) is 26.9 Å². The molecular weight excluding hydrogens is 540 g/mol. The summed E-state index contributed by atoms with van der Waals surface area (Å²) >= 11 is 12.8. The van der Waals surface area contributed by atoms with Crippen molar-refractivity contribution in [3.63, 3.8) is 0 Å². The molecule has 0 heterocycles. The second kappa shape index (κ2) is 13.6. The van der Waals surface area contributed by atoms with Crippen LogP contribution in [-0.4, -0.2) is 44.7 Å². The maximum absolute atomic E-state index is 13.3. The van der Waals surface area contributed by atoms with Gasteiger partial charge in [-0.2, -0.15) is 0 Å². The zero-order chi connectivity index (χ0) is 27.7. The van der Waals surface area contributed by atoms with Crippen LogP contribution in [-0.2, 0) is 20.7 Å². The molecule has 3 aromatic carbocycles. The molecule has 3 aromatic rings. The van der Waals surface area contributed by atoms with E-state index in [4.69, 9.17) is 42.1 Å². The topological polar surface area (TPSA) is 100 Å². The first-order chi connectivity index (χ1) is 18.2. The zero-order valence-electron chi connectivity index (χ0n) is 20.5. The van der Waals surface area contributed by atoms with Crippen LogP contribution >= 0.6 is 23.2 Å². The number of hydrogen-bond acceptors (Lipinski definition) is 7. The number of carbonyl (C=O) groups is 3.